The third-order valence-corrected chi connectivity index (χ3v) is 5.38. The molecule has 0 radical (unpaired) electrons. The van der Waals surface area contributed by atoms with Gasteiger partial charge in [-0.3, -0.25) is 0 Å². The van der Waals surface area contributed by atoms with Gasteiger partial charge in [0.15, 0.2) is 5.72 Å². The lowest BCUT2D eigenvalue weighted by atomic mass is 9.77. The number of hydrogen-bond donors (Lipinski definition) is 0. The molecule has 0 aliphatic carbocycles. The fraction of sp³-hybridized carbons (Fsp3) is 0.333. The summed E-state index contributed by atoms with van der Waals surface area (Å²) in [6, 6.07) is 17.3. The van der Waals surface area contributed by atoms with E-state index in [1.54, 1.807) is 0 Å². The zero-order chi connectivity index (χ0) is 16.1. The van der Waals surface area contributed by atoms with Crippen molar-refractivity contribution < 1.29 is 4.74 Å². The number of ether oxygens (including phenoxy) is 1. The van der Waals surface area contributed by atoms with Crippen molar-refractivity contribution in [3.63, 3.8) is 0 Å². The van der Waals surface area contributed by atoms with Crippen LogP contribution in [0.1, 0.15) is 30.5 Å². The number of nitrogens with zero attached hydrogens (tertiary/aromatic N) is 1. The molecule has 23 heavy (non-hydrogen) atoms. The summed E-state index contributed by atoms with van der Waals surface area (Å²) < 4.78 is 6.35. The van der Waals surface area contributed by atoms with Crippen molar-refractivity contribution in [2.24, 2.45) is 0 Å². The molecule has 1 atom stereocenters. The average Bonchev–Trinajstić information content (AvgIpc) is 3.06. The van der Waals surface area contributed by atoms with Gasteiger partial charge in [-0.25, -0.2) is 0 Å². The number of anilines is 1. The van der Waals surface area contributed by atoms with E-state index in [-0.39, 0.29) is 11.1 Å². The molecule has 0 amide bonds. The maximum atomic E-state index is 6.35. The molecule has 2 aromatic rings. The van der Waals surface area contributed by atoms with Crippen LogP contribution in [-0.2, 0) is 10.2 Å². The summed E-state index contributed by atoms with van der Waals surface area (Å²) in [5, 5.41) is 0. The van der Waals surface area contributed by atoms with E-state index in [0.717, 1.165) is 13.2 Å². The molecule has 1 fully saturated rings. The largest absolute Gasteiger partial charge is 0.349 e. The van der Waals surface area contributed by atoms with Gasteiger partial charge in [-0.15, -0.1) is 0 Å². The predicted octanol–water partition coefficient (Wildman–Crippen LogP) is 4.53. The van der Waals surface area contributed by atoms with Crippen molar-refractivity contribution in [3.05, 3.63) is 71.3 Å². The number of fused-ring (bicyclic) bond motifs is 3. The second-order valence-corrected chi connectivity index (χ2v) is 7.08. The van der Waals surface area contributed by atoms with Crippen molar-refractivity contribution in [2.75, 3.05) is 18.1 Å². The highest BCUT2D eigenvalue weighted by molar-refractivity contribution is 5.69. The maximum absolute atomic E-state index is 6.35. The van der Waals surface area contributed by atoms with Crippen molar-refractivity contribution in [3.8, 4) is 0 Å². The van der Waals surface area contributed by atoms with Crippen molar-refractivity contribution >= 4 is 11.8 Å². The molecular formula is C21H23NO. The fourth-order valence-corrected chi connectivity index (χ4v) is 4.02. The summed E-state index contributed by atoms with van der Waals surface area (Å²) in [5.41, 5.74) is 4.71. The van der Waals surface area contributed by atoms with Crippen LogP contribution in [0.3, 0.4) is 0 Å². The molecule has 2 aromatic carbocycles. The van der Waals surface area contributed by atoms with Crippen LogP contribution in [0.15, 0.2) is 54.6 Å². The Morgan fingerprint density at radius 1 is 1.04 bits per heavy atom. The lowest BCUT2D eigenvalue weighted by Crippen LogP contribution is -2.51. The maximum Gasteiger partial charge on any atom is 0.170 e. The molecule has 2 heterocycles. The first kappa shape index (κ1) is 14.5. The minimum atomic E-state index is -0.387. The van der Waals surface area contributed by atoms with Crippen LogP contribution in [0, 0.1) is 6.92 Å². The molecule has 2 aliphatic rings. The second-order valence-electron chi connectivity index (χ2n) is 7.08. The minimum Gasteiger partial charge on any atom is -0.349 e. The van der Waals surface area contributed by atoms with E-state index in [1.807, 2.05) is 0 Å². The van der Waals surface area contributed by atoms with Crippen LogP contribution >= 0.6 is 0 Å². The summed E-state index contributed by atoms with van der Waals surface area (Å²) >= 11 is 0. The minimum absolute atomic E-state index is 0.0821. The van der Waals surface area contributed by atoms with E-state index in [2.05, 4.69) is 86.4 Å². The summed E-state index contributed by atoms with van der Waals surface area (Å²) in [6.07, 6.45) is 4.45. The molecule has 0 bridgehead atoms. The molecule has 4 rings (SSSR count). The molecule has 0 N–H and O–H groups in total. The first-order valence-corrected chi connectivity index (χ1v) is 8.32. The number of para-hydroxylation sites is 1. The van der Waals surface area contributed by atoms with E-state index in [4.69, 9.17) is 4.74 Å². The zero-order valence-corrected chi connectivity index (χ0v) is 14.0. The molecular weight excluding hydrogens is 282 g/mol. The highest BCUT2D eigenvalue weighted by atomic mass is 16.5. The van der Waals surface area contributed by atoms with E-state index in [0.29, 0.717) is 0 Å². The quantitative estimate of drug-likeness (QED) is 0.808. The Labute approximate surface area is 138 Å². The Hall–Kier alpha value is -2.06. The number of aryl methyl sites for hydroxylation is 1. The van der Waals surface area contributed by atoms with Gasteiger partial charge in [0.05, 0.1) is 6.61 Å². The molecule has 0 spiro atoms. The third-order valence-electron chi connectivity index (χ3n) is 5.38. The Bertz CT molecular complexity index is 760. The summed E-state index contributed by atoms with van der Waals surface area (Å²) in [7, 11) is 0. The van der Waals surface area contributed by atoms with Crippen LogP contribution in [0.2, 0.25) is 0 Å². The fourth-order valence-electron chi connectivity index (χ4n) is 4.02. The van der Waals surface area contributed by atoms with Gasteiger partial charge in [-0.05, 0) is 30.2 Å². The summed E-state index contributed by atoms with van der Waals surface area (Å²) in [6.45, 7) is 8.41. The van der Waals surface area contributed by atoms with E-state index < -0.39 is 0 Å². The third kappa shape index (κ3) is 1.98. The van der Waals surface area contributed by atoms with Crippen molar-refractivity contribution in [1.82, 2.24) is 0 Å². The molecule has 2 aliphatic heterocycles. The van der Waals surface area contributed by atoms with Gasteiger partial charge in [0.25, 0.3) is 0 Å². The van der Waals surface area contributed by atoms with Crippen molar-refractivity contribution in [1.29, 1.82) is 0 Å². The first-order valence-electron chi connectivity index (χ1n) is 8.32. The lowest BCUT2D eigenvalue weighted by Gasteiger charge is -2.39. The SMILES string of the molecule is Cc1ccc(C=CC23OCCN2c2ccccc2C3(C)C)cc1. The van der Waals surface area contributed by atoms with Gasteiger partial charge in [0.1, 0.15) is 0 Å². The highest BCUT2D eigenvalue weighted by Gasteiger charge is 2.58. The van der Waals surface area contributed by atoms with Gasteiger partial charge in [-0.1, -0.05) is 68.0 Å². The van der Waals surface area contributed by atoms with Crippen LogP contribution in [0.4, 0.5) is 5.69 Å². The lowest BCUT2D eigenvalue weighted by molar-refractivity contribution is 0.000337. The van der Waals surface area contributed by atoms with E-state index in [1.165, 1.54) is 22.4 Å². The van der Waals surface area contributed by atoms with Crippen LogP contribution in [0.5, 0.6) is 0 Å². The molecule has 2 heteroatoms. The highest BCUT2D eigenvalue weighted by Crippen LogP contribution is 2.54. The number of benzene rings is 2. The predicted molar refractivity (Wildman–Crippen MR) is 95.7 cm³/mol. The van der Waals surface area contributed by atoms with E-state index >= 15 is 0 Å². The Kier molecular flexibility index (Phi) is 3.14. The Balaban J connectivity index is 1.78. The standard InChI is InChI=1S/C21H23NO/c1-16-8-10-17(11-9-16)12-13-21-20(2,3)18-6-4-5-7-19(18)22(21)14-15-23-21/h4-13H,14-15H2,1-3H3. The zero-order valence-electron chi connectivity index (χ0n) is 14.0. The smallest absolute Gasteiger partial charge is 0.170 e. The van der Waals surface area contributed by atoms with Gasteiger partial charge in [0.2, 0.25) is 0 Å². The number of rotatable bonds is 2. The van der Waals surface area contributed by atoms with Gasteiger partial charge in [0, 0.05) is 17.6 Å². The topological polar surface area (TPSA) is 12.5 Å². The van der Waals surface area contributed by atoms with Gasteiger partial charge in [-0.2, -0.15) is 0 Å². The first-order chi connectivity index (χ1) is 11.0. The van der Waals surface area contributed by atoms with Gasteiger partial charge >= 0.3 is 0 Å². The van der Waals surface area contributed by atoms with Crippen LogP contribution < -0.4 is 4.90 Å². The van der Waals surface area contributed by atoms with Crippen LogP contribution in [0.25, 0.3) is 6.08 Å². The summed E-state index contributed by atoms with van der Waals surface area (Å²) in [5.74, 6) is 0. The number of hydrogen-bond acceptors (Lipinski definition) is 2. The van der Waals surface area contributed by atoms with Crippen molar-refractivity contribution in [2.45, 2.75) is 31.9 Å². The second kappa shape index (κ2) is 4.97. The Morgan fingerprint density at radius 2 is 1.78 bits per heavy atom. The van der Waals surface area contributed by atoms with Crippen LogP contribution in [-0.4, -0.2) is 18.9 Å². The molecule has 2 nitrogen and oxygen atoms in total. The molecule has 1 unspecified atom stereocenters. The summed E-state index contributed by atoms with van der Waals surface area (Å²) in [4.78, 5) is 2.42. The molecule has 118 valence electrons. The monoisotopic (exact) mass is 305 g/mol. The molecule has 0 saturated carbocycles. The average molecular weight is 305 g/mol. The Morgan fingerprint density at radius 3 is 2.57 bits per heavy atom. The molecule has 0 aromatic heterocycles. The normalized spacial score (nSPS) is 24.9. The van der Waals surface area contributed by atoms with Gasteiger partial charge < -0.3 is 9.64 Å². The van der Waals surface area contributed by atoms with E-state index in [9.17, 15) is 0 Å². The molecule has 1 saturated heterocycles.